The summed E-state index contributed by atoms with van der Waals surface area (Å²) in [5.41, 5.74) is 2.12. The highest BCUT2D eigenvalue weighted by Gasteiger charge is 2.50. The highest BCUT2D eigenvalue weighted by atomic mass is 32.1. The molecule has 0 N–H and O–H groups in total. The lowest BCUT2D eigenvalue weighted by Gasteiger charge is -2.29. The third-order valence-electron chi connectivity index (χ3n) is 4.60. The number of thiocarbonyl (C=S) groups is 1. The van der Waals surface area contributed by atoms with Crippen molar-refractivity contribution in [3.05, 3.63) is 63.7 Å². The van der Waals surface area contributed by atoms with Gasteiger partial charge in [-0.05, 0) is 64.2 Å². The number of benzene rings is 2. The van der Waals surface area contributed by atoms with Gasteiger partial charge in [-0.25, -0.2) is 0 Å². The number of hydrogen-bond acceptors (Lipinski definition) is 4. The number of nitrogens with zero attached hydrogens (tertiary/aromatic N) is 3. The van der Waals surface area contributed by atoms with E-state index < -0.39 is 10.5 Å². The van der Waals surface area contributed by atoms with E-state index in [1.165, 1.54) is 11.0 Å². The van der Waals surface area contributed by atoms with Gasteiger partial charge in [0.25, 0.3) is 11.6 Å². The van der Waals surface area contributed by atoms with Gasteiger partial charge in [-0.1, -0.05) is 17.7 Å². The van der Waals surface area contributed by atoms with Gasteiger partial charge < -0.3 is 4.90 Å². The average Bonchev–Trinajstić information content (AvgIpc) is 2.73. The van der Waals surface area contributed by atoms with Gasteiger partial charge in [-0.15, -0.1) is 0 Å². The van der Waals surface area contributed by atoms with Crippen molar-refractivity contribution in [2.45, 2.75) is 33.2 Å². The molecular formula is C19H19N3O3S. The Morgan fingerprint density at radius 3 is 2.15 bits per heavy atom. The molecule has 0 spiro atoms. The van der Waals surface area contributed by atoms with Crippen LogP contribution in [0.15, 0.2) is 42.5 Å². The SMILES string of the molecule is Cc1ccc(N2C(=S)N(c3ccc([N+](=O)[O-])c(C)c3)C(=O)C2(C)C)cc1. The minimum Gasteiger partial charge on any atom is -0.304 e. The van der Waals surface area contributed by atoms with Crippen LogP contribution in [0.3, 0.4) is 0 Å². The first-order valence-corrected chi connectivity index (χ1v) is 8.56. The molecular weight excluding hydrogens is 350 g/mol. The van der Waals surface area contributed by atoms with Gasteiger partial charge in [-0.3, -0.25) is 19.8 Å². The molecule has 0 bridgehead atoms. The van der Waals surface area contributed by atoms with Crippen molar-refractivity contribution < 1.29 is 9.72 Å². The van der Waals surface area contributed by atoms with Crippen LogP contribution in [0, 0.1) is 24.0 Å². The van der Waals surface area contributed by atoms with Crippen LogP contribution in [-0.4, -0.2) is 21.5 Å². The summed E-state index contributed by atoms with van der Waals surface area (Å²) in [6.45, 7) is 7.28. The number of hydrogen-bond donors (Lipinski definition) is 0. The quantitative estimate of drug-likeness (QED) is 0.462. The third kappa shape index (κ3) is 2.74. The molecule has 1 amide bonds. The van der Waals surface area contributed by atoms with Crippen LogP contribution in [0.1, 0.15) is 25.0 Å². The summed E-state index contributed by atoms with van der Waals surface area (Å²) in [6, 6.07) is 12.4. The van der Waals surface area contributed by atoms with Crippen LogP contribution in [0.5, 0.6) is 0 Å². The molecule has 0 aromatic heterocycles. The van der Waals surface area contributed by atoms with Crippen molar-refractivity contribution in [3.63, 3.8) is 0 Å². The fraction of sp³-hybridized carbons (Fsp3) is 0.263. The van der Waals surface area contributed by atoms with Crippen LogP contribution in [-0.2, 0) is 4.79 Å². The maximum Gasteiger partial charge on any atom is 0.272 e. The Labute approximate surface area is 157 Å². The Morgan fingerprint density at radius 2 is 1.62 bits per heavy atom. The first-order chi connectivity index (χ1) is 12.1. The van der Waals surface area contributed by atoms with E-state index in [0.29, 0.717) is 16.4 Å². The van der Waals surface area contributed by atoms with E-state index in [4.69, 9.17) is 12.2 Å². The predicted octanol–water partition coefficient (Wildman–Crippen LogP) is 4.13. The molecule has 1 heterocycles. The molecule has 26 heavy (non-hydrogen) atoms. The highest BCUT2D eigenvalue weighted by molar-refractivity contribution is 7.81. The number of aryl methyl sites for hydroxylation is 2. The van der Waals surface area contributed by atoms with Gasteiger partial charge in [0.15, 0.2) is 5.11 Å². The Bertz CT molecular complexity index is 922. The molecule has 2 aromatic rings. The van der Waals surface area contributed by atoms with Crippen molar-refractivity contribution >= 4 is 40.3 Å². The second-order valence-electron chi connectivity index (χ2n) is 6.88. The molecule has 7 heteroatoms. The normalized spacial score (nSPS) is 16.3. The topological polar surface area (TPSA) is 66.7 Å². The molecule has 0 radical (unpaired) electrons. The molecule has 134 valence electrons. The lowest BCUT2D eigenvalue weighted by Crippen LogP contribution is -2.44. The van der Waals surface area contributed by atoms with Crippen LogP contribution in [0.25, 0.3) is 0 Å². The zero-order valence-electron chi connectivity index (χ0n) is 15.0. The smallest absolute Gasteiger partial charge is 0.272 e. The standard InChI is InChI=1S/C19H19N3O3S/c1-12-5-7-14(8-6-12)21-18(26)20(17(23)19(21,3)4)15-9-10-16(22(24)25)13(2)11-15/h5-11H,1-4H3. The number of carbonyl (C=O) groups is 1. The van der Waals surface area contributed by atoms with Gasteiger partial charge in [-0.2, -0.15) is 0 Å². The molecule has 6 nitrogen and oxygen atoms in total. The van der Waals surface area contributed by atoms with Crippen molar-refractivity contribution in [3.8, 4) is 0 Å². The number of amides is 1. The highest BCUT2D eigenvalue weighted by Crippen LogP contribution is 2.37. The van der Waals surface area contributed by atoms with Gasteiger partial charge in [0.2, 0.25) is 0 Å². The Balaban J connectivity index is 2.06. The number of carbonyl (C=O) groups excluding carboxylic acids is 1. The second-order valence-corrected chi connectivity index (χ2v) is 7.25. The van der Waals surface area contributed by atoms with Crippen LogP contribution >= 0.6 is 12.2 Å². The third-order valence-corrected chi connectivity index (χ3v) is 4.96. The van der Waals surface area contributed by atoms with Crippen molar-refractivity contribution in [2.75, 3.05) is 9.80 Å². The van der Waals surface area contributed by atoms with Crippen molar-refractivity contribution in [1.82, 2.24) is 0 Å². The largest absolute Gasteiger partial charge is 0.304 e. The summed E-state index contributed by atoms with van der Waals surface area (Å²) in [6.07, 6.45) is 0. The van der Waals surface area contributed by atoms with Crippen molar-refractivity contribution in [1.29, 1.82) is 0 Å². The summed E-state index contributed by atoms with van der Waals surface area (Å²) in [5, 5.41) is 11.4. The van der Waals surface area contributed by atoms with Crippen LogP contribution in [0.4, 0.5) is 17.1 Å². The average molecular weight is 369 g/mol. The van der Waals surface area contributed by atoms with Crippen LogP contribution in [0.2, 0.25) is 0 Å². The van der Waals surface area contributed by atoms with E-state index in [1.807, 2.05) is 49.9 Å². The Kier molecular flexibility index (Phi) is 4.28. The van der Waals surface area contributed by atoms with Gasteiger partial charge in [0.1, 0.15) is 5.54 Å². The molecule has 3 rings (SSSR count). The Morgan fingerprint density at radius 1 is 1.04 bits per heavy atom. The predicted molar refractivity (Wildman–Crippen MR) is 106 cm³/mol. The molecule has 0 atom stereocenters. The first kappa shape index (κ1) is 18.0. The van der Waals surface area contributed by atoms with Gasteiger partial charge in [0.05, 0.1) is 10.6 Å². The second kappa shape index (κ2) is 6.17. The fourth-order valence-electron chi connectivity index (χ4n) is 3.13. The molecule has 0 saturated carbocycles. The molecule has 0 aliphatic carbocycles. The summed E-state index contributed by atoms with van der Waals surface area (Å²) < 4.78 is 0. The molecule has 1 aliphatic rings. The zero-order valence-corrected chi connectivity index (χ0v) is 15.8. The zero-order chi connectivity index (χ0) is 19.2. The van der Waals surface area contributed by atoms with Gasteiger partial charge in [0, 0.05) is 17.3 Å². The molecule has 1 fully saturated rings. The lowest BCUT2D eigenvalue weighted by molar-refractivity contribution is -0.385. The molecule has 0 unspecified atom stereocenters. The lowest BCUT2D eigenvalue weighted by atomic mass is 10.0. The Hall–Kier alpha value is -2.80. The number of nitro benzene ring substituents is 1. The van der Waals surface area contributed by atoms with Crippen LogP contribution < -0.4 is 9.80 Å². The van der Waals surface area contributed by atoms with E-state index >= 15 is 0 Å². The number of nitro groups is 1. The van der Waals surface area contributed by atoms with E-state index in [2.05, 4.69) is 0 Å². The number of anilines is 2. The van der Waals surface area contributed by atoms with E-state index in [1.54, 1.807) is 19.1 Å². The number of rotatable bonds is 3. The van der Waals surface area contributed by atoms with E-state index in [-0.39, 0.29) is 11.6 Å². The maximum atomic E-state index is 13.1. The fourth-order valence-corrected chi connectivity index (χ4v) is 3.66. The first-order valence-electron chi connectivity index (χ1n) is 8.15. The minimum atomic E-state index is -0.859. The molecule has 2 aromatic carbocycles. The monoisotopic (exact) mass is 369 g/mol. The molecule has 1 aliphatic heterocycles. The summed E-state index contributed by atoms with van der Waals surface area (Å²) in [5.74, 6) is -0.170. The van der Waals surface area contributed by atoms with E-state index in [9.17, 15) is 14.9 Å². The van der Waals surface area contributed by atoms with Gasteiger partial charge >= 0.3 is 0 Å². The molecule has 1 saturated heterocycles. The summed E-state index contributed by atoms with van der Waals surface area (Å²) >= 11 is 5.61. The van der Waals surface area contributed by atoms with E-state index in [0.717, 1.165) is 11.3 Å². The minimum absolute atomic E-state index is 0.0148. The summed E-state index contributed by atoms with van der Waals surface area (Å²) in [4.78, 5) is 27.0. The maximum absolute atomic E-state index is 13.1. The summed E-state index contributed by atoms with van der Waals surface area (Å²) in [7, 11) is 0. The van der Waals surface area contributed by atoms with Crippen molar-refractivity contribution in [2.24, 2.45) is 0 Å².